The predicted molar refractivity (Wildman–Crippen MR) is 71.8 cm³/mol. The molecule has 7 nitrogen and oxygen atoms in total. The number of furan rings is 1. The summed E-state index contributed by atoms with van der Waals surface area (Å²) in [5, 5.41) is 3.02. The molecular formula is C12H20N2O5S. The van der Waals surface area contributed by atoms with Crippen LogP contribution in [0.25, 0.3) is 0 Å². The molecule has 2 rings (SSSR count). The fourth-order valence-electron chi connectivity index (χ4n) is 1.89. The van der Waals surface area contributed by atoms with Crippen molar-refractivity contribution in [3.63, 3.8) is 0 Å². The summed E-state index contributed by atoms with van der Waals surface area (Å²) in [6, 6.07) is 2.94. The molecule has 0 aliphatic carbocycles. The standard InChI is InChI=1S/C12H20N2O5S/c1-17-7-5-13-8-11-2-3-12(19-11)20(15,16)14-10-4-6-18-9-10/h2-3,10,13-14H,4-9H2,1H3. The number of rotatable bonds is 8. The Kier molecular flexibility index (Phi) is 5.55. The molecule has 20 heavy (non-hydrogen) atoms. The minimum atomic E-state index is -3.61. The van der Waals surface area contributed by atoms with E-state index >= 15 is 0 Å². The molecule has 0 radical (unpaired) electrons. The average molecular weight is 304 g/mol. The first-order valence-electron chi connectivity index (χ1n) is 6.50. The van der Waals surface area contributed by atoms with Gasteiger partial charge in [-0.2, -0.15) is 0 Å². The number of sulfonamides is 1. The Morgan fingerprint density at radius 3 is 3.00 bits per heavy atom. The highest BCUT2D eigenvalue weighted by Crippen LogP contribution is 2.15. The summed E-state index contributed by atoms with van der Waals surface area (Å²) >= 11 is 0. The summed E-state index contributed by atoms with van der Waals surface area (Å²) in [6.07, 6.45) is 0.686. The normalized spacial score (nSPS) is 19.6. The van der Waals surface area contributed by atoms with Crippen LogP contribution in [-0.2, 0) is 26.0 Å². The van der Waals surface area contributed by atoms with Gasteiger partial charge in [0, 0.05) is 26.3 Å². The summed E-state index contributed by atoms with van der Waals surface area (Å²) in [7, 11) is -1.98. The molecule has 0 amide bonds. The third-order valence-electron chi connectivity index (χ3n) is 2.94. The molecular weight excluding hydrogens is 284 g/mol. The summed E-state index contributed by atoms with van der Waals surface area (Å²) in [6.45, 7) is 2.73. The van der Waals surface area contributed by atoms with Crippen LogP contribution in [0.3, 0.4) is 0 Å². The fraction of sp³-hybridized carbons (Fsp3) is 0.667. The van der Waals surface area contributed by atoms with Gasteiger partial charge >= 0.3 is 0 Å². The Hall–Kier alpha value is -0.930. The topological polar surface area (TPSA) is 89.8 Å². The van der Waals surface area contributed by atoms with Crippen molar-refractivity contribution in [2.24, 2.45) is 0 Å². The van der Waals surface area contributed by atoms with E-state index in [-0.39, 0.29) is 11.1 Å². The molecule has 1 unspecified atom stereocenters. The third-order valence-corrected chi connectivity index (χ3v) is 4.33. The second-order valence-electron chi connectivity index (χ2n) is 4.57. The van der Waals surface area contributed by atoms with Gasteiger partial charge in [-0.05, 0) is 18.6 Å². The van der Waals surface area contributed by atoms with Crippen LogP contribution in [0.5, 0.6) is 0 Å². The van der Waals surface area contributed by atoms with Crippen molar-refractivity contribution < 1.29 is 22.3 Å². The monoisotopic (exact) mass is 304 g/mol. The van der Waals surface area contributed by atoms with E-state index in [1.165, 1.54) is 6.07 Å². The molecule has 2 heterocycles. The van der Waals surface area contributed by atoms with Crippen LogP contribution in [0.4, 0.5) is 0 Å². The quantitative estimate of drug-likeness (QED) is 0.661. The van der Waals surface area contributed by atoms with E-state index in [2.05, 4.69) is 10.0 Å². The van der Waals surface area contributed by atoms with Gasteiger partial charge in [0.15, 0.2) is 0 Å². The Balaban J connectivity index is 1.89. The van der Waals surface area contributed by atoms with Crippen LogP contribution < -0.4 is 10.0 Å². The minimum absolute atomic E-state index is 0.0621. The van der Waals surface area contributed by atoms with E-state index in [0.29, 0.717) is 45.1 Å². The number of nitrogens with one attached hydrogen (secondary N) is 2. The lowest BCUT2D eigenvalue weighted by molar-refractivity contribution is 0.192. The molecule has 1 fully saturated rings. The average Bonchev–Trinajstić information content (AvgIpc) is 3.05. The molecule has 0 saturated carbocycles. The largest absolute Gasteiger partial charge is 0.447 e. The van der Waals surface area contributed by atoms with Gasteiger partial charge in [0.2, 0.25) is 5.09 Å². The van der Waals surface area contributed by atoms with E-state index in [4.69, 9.17) is 13.9 Å². The van der Waals surface area contributed by atoms with Crippen molar-refractivity contribution in [3.8, 4) is 0 Å². The van der Waals surface area contributed by atoms with Crippen LogP contribution in [0, 0.1) is 0 Å². The summed E-state index contributed by atoms with van der Waals surface area (Å²) < 4.78 is 42.1. The molecule has 2 N–H and O–H groups in total. The van der Waals surface area contributed by atoms with Gasteiger partial charge in [0.05, 0.1) is 19.8 Å². The number of hydrogen-bond donors (Lipinski definition) is 2. The van der Waals surface area contributed by atoms with Gasteiger partial charge in [-0.25, -0.2) is 13.1 Å². The third kappa shape index (κ3) is 4.29. The minimum Gasteiger partial charge on any atom is -0.447 e. The Bertz CT molecular complexity index is 508. The second-order valence-corrected chi connectivity index (χ2v) is 6.22. The maximum atomic E-state index is 12.1. The lowest BCUT2D eigenvalue weighted by Crippen LogP contribution is -2.34. The van der Waals surface area contributed by atoms with E-state index in [1.807, 2.05) is 0 Å². The smallest absolute Gasteiger partial charge is 0.274 e. The molecule has 0 spiro atoms. The lowest BCUT2D eigenvalue weighted by atomic mass is 10.3. The molecule has 1 aliphatic rings. The van der Waals surface area contributed by atoms with Gasteiger partial charge in [0.1, 0.15) is 5.76 Å². The van der Waals surface area contributed by atoms with Gasteiger partial charge in [-0.15, -0.1) is 0 Å². The van der Waals surface area contributed by atoms with Crippen molar-refractivity contribution in [2.75, 3.05) is 33.5 Å². The first-order valence-corrected chi connectivity index (χ1v) is 7.98. The van der Waals surface area contributed by atoms with Crippen molar-refractivity contribution in [2.45, 2.75) is 24.1 Å². The van der Waals surface area contributed by atoms with E-state index < -0.39 is 10.0 Å². The second kappa shape index (κ2) is 7.19. The van der Waals surface area contributed by atoms with Crippen molar-refractivity contribution in [3.05, 3.63) is 17.9 Å². The molecule has 0 bridgehead atoms. The highest BCUT2D eigenvalue weighted by Gasteiger charge is 2.25. The van der Waals surface area contributed by atoms with Crippen LogP contribution in [-0.4, -0.2) is 47.9 Å². The van der Waals surface area contributed by atoms with Crippen LogP contribution in [0.15, 0.2) is 21.6 Å². The molecule has 0 aromatic carbocycles. The summed E-state index contributed by atoms with van der Waals surface area (Å²) in [4.78, 5) is 0. The van der Waals surface area contributed by atoms with E-state index in [0.717, 1.165) is 0 Å². The number of methoxy groups -OCH3 is 1. The van der Waals surface area contributed by atoms with Crippen molar-refractivity contribution >= 4 is 10.0 Å². The van der Waals surface area contributed by atoms with Crippen LogP contribution in [0.1, 0.15) is 12.2 Å². The molecule has 1 aliphatic heterocycles. The molecule has 1 aromatic heterocycles. The zero-order chi connectivity index (χ0) is 14.4. The van der Waals surface area contributed by atoms with E-state index in [1.54, 1.807) is 13.2 Å². The van der Waals surface area contributed by atoms with Gasteiger partial charge in [-0.3, -0.25) is 0 Å². The van der Waals surface area contributed by atoms with E-state index in [9.17, 15) is 8.42 Å². The molecule has 114 valence electrons. The Morgan fingerprint density at radius 1 is 1.45 bits per heavy atom. The highest BCUT2D eigenvalue weighted by atomic mass is 32.2. The number of hydrogen-bond acceptors (Lipinski definition) is 6. The van der Waals surface area contributed by atoms with Crippen LogP contribution in [0.2, 0.25) is 0 Å². The Labute approximate surface area is 118 Å². The first-order chi connectivity index (χ1) is 9.62. The van der Waals surface area contributed by atoms with Crippen molar-refractivity contribution in [1.29, 1.82) is 0 Å². The first kappa shape index (κ1) is 15.5. The molecule has 1 atom stereocenters. The van der Waals surface area contributed by atoms with Crippen molar-refractivity contribution in [1.82, 2.24) is 10.0 Å². The van der Waals surface area contributed by atoms with Gasteiger partial charge in [-0.1, -0.05) is 0 Å². The van der Waals surface area contributed by atoms with Crippen LogP contribution >= 0.6 is 0 Å². The zero-order valence-electron chi connectivity index (χ0n) is 11.4. The maximum absolute atomic E-state index is 12.1. The van der Waals surface area contributed by atoms with Gasteiger partial charge < -0.3 is 19.2 Å². The molecule has 8 heteroatoms. The van der Waals surface area contributed by atoms with Gasteiger partial charge in [0.25, 0.3) is 10.0 Å². The molecule has 1 saturated heterocycles. The fourth-order valence-corrected chi connectivity index (χ4v) is 3.09. The number of ether oxygens (including phenoxy) is 2. The maximum Gasteiger partial charge on any atom is 0.274 e. The lowest BCUT2D eigenvalue weighted by Gasteiger charge is -2.09. The highest BCUT2D eigenvalue weighted by molar-refractivity contribution is 7.89. The summed E-state index contributed by atoms with van der Waals surface area (Å²) in [5.41, 5.74) is 0. The summed E-state index contributed by atoms with van der Waals surface area (Å²) in [5.74, 6) is 0.573. The zero-order valence-corrected chi connectivity index (χ0v) is 12.2. The molecule has 1 aromatic rings. The SMILES string of the molecule is COCCNCc1ccc(S(=O)(=O)NC2CCOC2)o1. The predicted octanol–water partition coefficient (Wildman–Crippen LogP) is 0.0828. The Morgan fingerprint density at radius 2 is 2.30 bits per heavy atom.